The standard InChI is InChI=1S/C14H20N4O5/c1-14(2,3)23-12(19)11-16-9(15-7-5-6-7)8(22-4)10(17-11)18-13(20)21/h7H,5-6H2,1-4H3,(H,20,21)(H2,15,16,17,18). The van der Waals surface area contributed by atoms with E-state index in [1.165, 1.54) is 7.11 Å². The van der Waals surface area contributed by atoms with Gasteiger partial charge in [0.25, 0.3) is 0 Å². The Balaban J connectivity index is 2.40. The maximum atomic E-state index is 12.2. The van der Waals surface area contributed by atoms with E-state index in [0.717, 1.165) is 12.8 Å². The predicted octanol–water partition coefficient (Wildman–Crippen LogP) is 2.10. The first kappa shape index (κ1) is 16.8. The fraction of sp³-hybridized carbons (Fsp3) is 0.571. The van der Waals surface area contributed by atoms with Gasteiger partial charge in [-0.3, -0.25) is 5.32 Å². The van der Waals surface area contributed by atoms with Gasteiger partial charge in [-0.2, -0.15) is 0 Å². The lowest BCUT2D eigenvalue weighted by Gasteiger charge is -2.20. The number of nitrogens with one attached hydrogen (secondary N) is 2. The molecule has 9 nitrogen and oxygen atoms in total. The zero-order valence-corrected chi connectivity index (χ0v) is 13.5. The van der Waals surface area contributed by atoms with Gasteiger partial charge >= 0.3 is 12.1 Å². The zero-order chi connectivity index (χ0) is 17.2. The van der Waals surface area contributed by atoms with E-state index in [9.17, 15) is 9.59 Å². The van der Waals surface area contributed by atoms with E-state index >= 15 is 0 Å². The number of carbonyl (C=O) groups is 2. The molecule has 0 aliphatic heterocycles. The topological polar surface area (TPSA) is 123 Å². The maximum Gasteiger partial charge on any atom is 0.410 e. The first-order chi connectivity index (χ1) is 10.7. The lowest BCUT2D eigenvalue weighted by molar-refractivity contribution is 0.00556. The van der Waals surface area contributed by atoms with Gasteiger partial charge in [0.2, 0.25) is 11.6 Å². The van der Waals surface area contributed by atoms with Crippen LogP contribution in [0.15, 0.2) is 0 Å². The number of aromatic nitrogens is 2. The molecular formula is C14H20N4O5. The van der Waals surface area contributed by atoms with Crippen molar-refractivity contribution >= 4 is 23.7 Å². The second kappa shape index (κ2) is 6.27. The summed E-state index contributed by atoms with van der Waals surface area (Å²) in [5, 5.41) is 14.1. The number of amides is 1. The molecule has 1 amide bonds. The number of hydrogen-bond donors (Lipinski definition) is 3. The average Bonchev–Trinajstić information content (AvgIpc) is 3.19. The van der Waals surface area contributed by atoms with Crippen LogP contribution in [0.5, 0.6) is 5.75 Å². The van der Waals surface area contributed by atoms with Gasteiger partial charge in [0.05, 0.1) is 7.11 Å². The molecule has 1 aliphatic carbocycles. The fourth-order valence-electron chi connectivity index (χ4n) is 1.76. The van der Waals surface area contributed by atoms with E-state index in [4.69, 9.17) is 14.6 Å². The van der Waals surface area contributed by atoms with Crippen LogP contribution >= 0.6 is 0 Å². The maximum absolute atomic E-state index is 12.2. The molecule has 1 fully saturated rings. The van der Waals surface area contributed by atoms with Crippen LogP contribution in [-0.4, -0.2) is 45.9 Å². The van der Waals surface area contributed by atoms with E-state index in [0.29, 0.717) is 0 Å². The Morgan fingerprint density at radius 3 is 2.30 bits per heavy atom. The Labute approximate surface area is 133 Å². The summed E-state index contributed by atoms with van der Waals surface area (Å²) in [6.45, 7) is 5.15. The predicted molar refractivity (Wildman–Crippen MR) is 82.0 cm³/mol. The van der Waals surface area contributed by atoms with Crippen LogP contribution in [0.1, 0.15) is 44.2 Å². The van der Waals surface area contributed by atoms with E-state index in [2.05, 4.69) is 20.6 Å². The number of nitrogens with zero attached hydrogens (tertiary/aromatic N) is 2. The van der Waals surface area contributed by atoms with Gasteiger partial charge in [-0.05, 0) is 33.6 Å². The Kier molecular flexibility index (Phi) is 4.57. The smallest absolute Gasteiger partial charge is 0.410 e. The van der Waals surface area contributed by atoms with Crippen molar-refractivity contribution in [2.45, 2.75) is 45.3 Å². The van der Waals surface area contributed by atoms with Gasteiger partial charge in [0.15, 0.2) is 11.6 Å². The van der Waals surface area contributed by atoms with Crippen LogP contribution in [0.2, 0.25) is 0 Å². The molecule has 23 heavy (non-hydrogen) atoms. The molecule has 1 aromatic rings. The molecule has 0 aromatic carbocycles. The highest BCUT2D eigenvalue weighted by molar-refractivity contribution is 5.90. The Morgan fingerprint density at radius 1 is 1.22 bits per heavy atom. The van der Waals surface area contributed by atoms with E-state index in [1.54, 1.807) is 20.8 Å². The normalized spacial score (nSPS) is 14.1. The van der Waals surface area contributed by atoms with Gasteiger partial charge < -0.3 is 19.9 Å². The molecule has 0 bridgehead atoms. The molecule has 0 saturated heterocycles. The zero-order valence-electron chi connectivity index (χ0n) is 13.5. The van der Waals surface area contributed by atoms with Gasteiger partial charge in [0, 0.05) is 6.04 Å². The summed E-state index contributed by atoms with van der Waals surface area (Å²) in [7, 11) is 1.37. The lowest BCUT2D eigenvalue weighted by atomic mass is 10.2. The quantitative estimate of drug-likeness (QED) is 0.704. The number of methoxy groups -OCH3 is 1. The Morgan fingerprint density at radius 2 is 1.83 bits per heavy atom. The van der Waals surface area contributed by atoms with Gasteiger partial charge in [0.1, 0.15) is 5.60 Å². The molecule has 126 valence electrons. The highest BCUT2D eigenvalue weighted by Crippen LogP contribution is 2.34. The fourth-order valence-corrected chi connectivity index (χ4v) is 1.76. The van der Waals surface area contributed by atoms with Gasteiger partial charge in [-0.1, -0.05) is 0 Å². The lowest BCUT2D eigenvalue weighted by Crippen LogP contribution is -2.26. The molecule has 1 saturated carbocycles. The summed E-state index contributed by atoms with van der Waals surface area (Å²) in [5.41, 5.74) is -0.717. The second-order valence-electron chi connectivity index (χ2n) is 6.13. The highest BCUT2D eigenvalue weighted by Gasteiger charge is 2.28. The summed E-state index contributed by atoms with van der Waals surface area (Å²) in [4.78, 5) is 31.1. The van der Waals surface area contributed by atoms with Crippen LogP contribution in [-0.2, 0) is 4.74 Å². The average molecular weight is 324 g/mol. The molecule has 0 atom stereocenters. The largest absolute Gasteiger partial charge is 0.490 e. The summed E-state index contributed by atoms with van der Waals surface area (Å²) >= 11 is 0. The Hall–Kier alpha value is -2.58. The number of rotatable bonds is 5. The third-order valence-corrected chi connectivity index (χ3v) is 2.79. The third kappa shape index (κ3) is 4.70. The first-order valence-electron chi connectivity index (χ1n) is 7.15. The van der Waals surface area contributed by atoms with Crippen LogP contribution in [0.4, 0.5) is 16.4 Å². The number of hydrogen-bond acceptors (Lipinski definition) is 7. The number of ether oxygens (including phenoxy) is 2. The number of carbonyl (C=O) groups excluding carboxylic acids is 1. The number of anilines is 2. The molecule has 9 heteroatoms. The van der Waals surface area contributed by atoms with Crippen molar-refractivity contribution in [3.05, 3.63) is 5.82 Å². The highest BCUT2D eigenvalue weighted by atomic mass is 16.6. The van der Waals surface area contributed by atoms with Gasteiger partial charge in [-0.25, -0.2) is 19.6 Å². The number of esters is 1. The summed E-state index contributed by atoms with van der Waals surface area (Å²) in [6, 6.07) is 0.225. The van der Waals surface area contributed by atoms with Crippen LogP contribution < -0.4 is 15.4 Å². The molecule has 1 aromatic heterocycles. The van der Waals surface area contributed by atoms with Crippen LogP contribution in [0.25, 0.3) is 0 Å². The van der Waals surface area contributed by atoms with Crippen molar-refractivity contribution in [2.24, 2.45) is 0 Å². The van der Waals surface area contributed by atoms with Crippen molar-refractivity contribution in [1.82, 2.24) is 9.97 Å². The van der Waals surface area contributed by atoms with Gasteiger partial charge in [-0.15, -0.1) is 0 Å². The SMILES string of the molecule is COc1c(NC(=O)O)nc(C(=O)OC(C)(C)C)nc1NC1CC1. The van der Waals surface area contributed by atoms with Crippen LogP contribution in [0, 0.1) is 0 Å². The minimum Gasteiger partial charge on any atom is -0.490 e. The van der Waals surface area contributed by atoms with E-state index in [1.807, 2.05) is 0 Å². The minimum absolute atomic E-state index is 0.112. The monoisotopic (exact) mass is 324 g/mol. The summed E-state index contributed by atoms with van der Waals surface area (Å²) in [6.07, 6.45) is 0.613. The molecule has 2 rings (SSSR count). The van der Waals surface area contributed by atoms with Crippen molar-refractivity contribution in [2.75, 3.05) is 17.7 Å². The number of carboxylic acid groups (broad SMARTS) is 1. The molecule has 0 unspecified atom stereocenters. The molecular weight excluding hydrogens is 304 g/mol. The molecule has 1 aliphatic rings. The third-order valence-electron chi connectivity index (χ3n) is 2.79. The van der Waals surface area contributed by atoms with Crippen molar-refractivity contribution in [3.8, 4) is 5.75 Å². The van der Waals surface area contributed by atoms with E-state index < -0.39 is 17.7 Å². The molecule has 0 radical (unpaired) electrons. The Bertz CT molecular complexity index is 622. The second-order valence-corrected chi connectivity index (χ2v) is 6.13. The van der Waals surface area contributed by atoms with Crippen LogP contribution in [0.3, 0.4) is 0 Å². The molecule has 3 N–H and O–H groups in total. The van der Waals surface area contributed by atoms with Crippen molar-refractivity contribution < 1.29 is 24.2 Å². The summed E-state index contributed by atoms with van der Waals surface area (Å²) < 4.78 is 10.4. The molecule has 1 heterocycles. The van der Waals surface area contributed by atoms with Crippen molar-refractivity contribution in [1.29, 1.82) is 0 Å². The summed E-state index contributed by atoms with van der Waals surface area (Å²) in [5.74, 6) is -0.708. The molecule has 0 spiro atoms. The van der Waals surface area contributed by atoms with E-state index in [-0.39, 0.29) is 29.3 Å². The van der Waals surface area contributed by atoms with Crippen molar-refractivity contribution in [3.63, 3.8) is 0 Å². The minimum atomic E-state index is -1.32. The first-order valence-corrected chi connectivity index (χ1v) is 7.15.